The molecule has 0 fully saturated rings. The first-order valence-corrected chi connectivity index (χ1v) is 9.61. The average Bonchev–Trinajstić information content (AvgIpc) is 3.24. The SMILES string of the molecule is Cc1nn(C)c(C)c1[C@H]1C(C#N)=C(N)Oc2c1c(C(F)(F)C(F)(F)F)nn2-c1ccccc1. The van der Waals surface area contributed by atoms with E-state index in [-0.39, 0.29) is 16.8 Å². The number of halogens is 5. The molecular formula is C21H17F5N6O. The Kier molecular flexibility index (Phi) is 4.96. The Balaban J connectivity index is 2.14. The van der Waals surface area contributed by atoms with Crippen molar-refractivity contribution in [1.82, 2.24) is 19.6 Å². The van der Waals surface area contributed by atoms with Crippen LogP contribution in [0.15, 0.2) is 41.8 Å². The van der Waals surface area contributed by atoms with Crippen LogP contribution in [0.5, 0.6) is 5.88 Å². The normalized spacial score (nSPS) is 16.4. The number of para-hydroxylation sites is 1. The quantitative estimate of drug-likeness (QED) is 0.589. The highest BCUT2D eigenvalue weighted by molar-refractivity contribution is 5.59. The standard InChI is InChI=1S/C21H17F5N6O/c1-10-14(11(2)31(3)29-10)15-13(9-27)18(28)33-19-16(15)17(20(22,23)21(24,25)26)30-32(19)12-7-5-4-6-8-12/h4-8,15H,28H2,1-3H3/t15-/m1/s1. The molecule has 3 heterocycles. The molecule has 0 amide bonds. The minimum Gasteiger partial charge on any atom is -0.422 e. The number of rotatable bonds is 3. The van der Waals surface area contributed by atoms with Crippen LogP contribution >= 0.6 is 0 Å². The van der Waals surface area contributed by atoms with Gasteiger partial charge in [0, 0.05) is 18.3 Å². The van der Waals surface area contributed by atoms with Gasteiger partial charge >= 0.3 is 12.1 Å². The van der Waals surface area contributed by atoms with Crippen molar-refractivity contribution >= 4 is 0 Å². The van der Waals surface area contributed by atoms with Gasteiger partial charge in [-0.3, -0.25) is 4.68 Å². The number of benzene rings is 1. The van der Waals surface area contributed by atoms with Crippen LogP contribution in [0.3, 0.4) is 0 Å². The number of hydrogen-bond donors (Lipinski definition) is 1. The summed E-state index contributed by atoms with van der Waals surface area (Å²) >= 11 is 0. The molecule has 0 saturated heterocycles. The summed E-state index contributed by atoms with van der Waals surface area (Å²) in [6, 6.07) is 9.47. The van der Waals surface area contributed by atoms with Crippen molar-refractivity contribution in [2.45, 2.75) is 31.9 Å². The summed E-state index contributed by atoms with van der Waals surface area (Å²) < 4.78 is 77.8. The van der Waals surface area contributed by atoms with Crippen LogP contribution in [0.1, 0.15) is 34.1 Å². The Morgan fingerprint density at radius 1 is 1.06 bits per heavy atom. The zero-order chi connectivity index (χ0) is 24.3. The highest BCUT2D eigenvalue weighted by Gasteiger charge is 2.63. The van der Waals surface area contributed by atoms with Gasteiger partial charge in [-0.2, -0.15) is 42.1 Å². The maximum absolute atomic E-state index is 14.8. The van der Waals surface area contributed by atoms with Crippen LogP contribution in [0, 0.1) is 25.2 Å². The van der Waals surface area contributed by atoms with Gasteiger partial charge in [0.15, 0.2) is 0 Å². The number of alkyl halides is 5. The Morgan fingerprint density at radius 2 is 1.70 bits per heavy atom. The minimum absolute atomic E-state index is 0.171. The summed E-state index contributed by atoms with van der Waals surface area (Å²) in [6.07, 6.45) is -5.94. The number of ether oxygens (including phenoxy) is 1. The van der Waals surface area contributed by atoms with Gasteiger partial charge in [-0.05, 0) is 26.0 Å². The van der Waals surface area contributed by atoms with Crippen molar-refractivity contribution < 1.29 is 26.7 Å². The first kappa shape index (κ1) is 22.3. The van der Waals surface area contributed by atoms with Crippen LogP contribution < -0.4 is 10.5 Å². The van der Waals surface area contributed by atoms with E-state index in [4.69, 9.17) is 10.5 Å². The van der Waals surface area contributed by atoms with Gasteiger partial charge < -0.3 is 10.5 Å². The third-order valence-electron chi connectivity index (χ3n) is 5.56. The number of allylic oxidation sites excluding steroid dienone is 1. The Morgan fingerprint density at radius 3 is 2.21 bits per heavy atom. The van der Waals surface area contributed by atoms with Crippen LogP contribution in [-0.2, 0) is 13.0 Å². The van der Waals surface area contributed by atoms with Crippen molar-refractivity contribution in [2.24, 2.45) is 12.8 Å². The number of nitrogens with two attached hydrogens (primary N) is 1. The molecule has 172 valence electrons. The highest BCUT2D eigenvalue weighted by atomic mass is 19.4. The lowest BCUT2D eigenvalue weighted by atomic mass is 9.82. The zero-order valence-corrected chi connectivity index (χ0v) is 17.6. The molecule has 1 aromatic carbocycles. The maximum Gasteiger partial charge on any atom is 0.459 e. The third kappa shape index (κ3) is 3.23. The van der Waals surface area contributed by atoms with E-state index in [9.17, 15) is 27.2 Å². The first-order valence-electron chi connectivity index (χ1n) is 9.61. The summed E-state index contributed by atoms with van der Waals surface area (Å²) in [6.45, 7) is 3.17. The largest absolute Gasteiger partial charge is 0.459 e. The molecule has 1 aliphatic rings. The van der Waals surface area contributed by atoms with Crippen molar-refractivity contribution in [3.63, 3.8) is 0 Å². The molecule has 0 unspecified atom stereocenters. The van der Waals surface area contributed by atoms with E-state index in [1.165, 1.54) is 16.8 Å². The van der Waals surface area contributed by atoms with E-state index in [0.717, 1.165) is 4.68 Å². The zero-order valence-electron chi connectivity index (χ0n) is 17.6. The number of hydrogen-bond acceptors (Lipinski definition) is 5. The molecule has 12 heteroatoms. The lowest BCUT2D eigenvalue weighted by Crippen LogP contribution is -2.36. The third-order valence-corrected chi connectivity index (χ3v) is 5.56. The second-order valence-corrected chi connectivity index (χ2v) is 7.52. The fourth-order valence-electron chi connectivity index (χ4n) is 3.95. The van der Waals surface area contributed by atoms with Crippen molar-refractivity contribution in [3.05, 3.63) is 70.0 Å². The van der Waals surface area contributed by atoms with Crippen LogP contribution in [-0.4, -0.2) is 25.7 Å². The van der Waals surface area contributed by atoms with Crippen LogP contribution in [0.25, 0.3) is 5.69 Å². The topological polar surface area (TPSA) is 94.7 Å². The summed E-state index contributed by atoms with van der Waals surface area (Å²) in [5, 5.41) is 17.6. The fraction of sp³-hybridized carbons (Fsp3) is 0.286. The molecule has 1 aliphatic heterocycles. The van der Waals surface area contributed by atoms with E-state index in [1.807, 2.05) is 0 Å². The summed E-state index contributed by atoms with van der Waals surface area (Å²) in [7, 11) is 1.59. The van der Waals surface area contributed by atoms with Gasteiger partial charge in [0.25, 0.3) is 0 Å². The average molecular weight is 464 g/mol. The molecule has 0 aliphatic carbocycles. The van der Waals surface area contributed by atoms with Gasteiger partial charge in [0.05, 0.1) is 22.9 Å². The van der Waals surface area contributed by atoms with Gasteiger partial charge in [-0.1, -0.05) is 18.2 Å². The van der Waals surface area contributed by atoms with Gasteiger partial charge in [0.2, 0.25) is 11.8 Å². The second kappa shape index (κ2) is 7.33. The Bertz CT molecular complexity index is 1310. The van der Waals surface area contributed by atoms with E-state index >= 15 is 0 Å². The molecule has 2 aromatic heterocycles. The van der Waals surface area contributed by atoms with E-state index < -0.39 is 41.0 Å². The molecule has 4 rings (SSSR count). The maximum atomic E-state index is 14.8. The highest BCUT2D eigenvalue weighted by Crippen LogP contribution is 2.53. The van der Waals surface area contributed by atoms with E-state index in [2.05, 4.69) is 10.2 Å². The number of nitrogens with zero attached hydrogens (tertiary/aromatic N) is 5. The lowest BCUT2D eigenvalue weighted by molar-refractivity contribution is -0.291. The molecule has 0 saturated carbocycles. The minimum atomic E-state index is -5.94. The smallest absolute Gasteiger partial charge is 0.422 e. The second-order valence-electron chi connectivity index (χ2n) is 7.52. The van der Waals surface area contributed by atoms with E-state index in [1.54, 1.807) is 45.2 Å². The first-order chi connectivity index (χ1) is 15.4. The molecule has 0 bridgehead atoms. The number of aromatic nitrogens is 4. The van der Waals surface area contributed by atoms with Crippen LogP contribution in [0.4, 0.5) is 22.0 Å². The predicted molar refractivity (Wildman–Crippen MR) is 105 cm³/mol. The van der Waals surface area contributed by atoms with Crippen LogP contribution in [0.2, 0.25) is 0 Å². The molecule has 3 aromatic rings. The summed E-state index contributed by atoms with van der Waals surface area (Å²) in [5.74, 6) is -7.58. The molecule has 7 nitrogen and oxygen atoms in total. The van der Waals surface area contributed by atoms with Crippen molar-refractivity contribution in [2.75, 3.05) is 0 Å². The van der Waals surface area contributed by atoms with Crippen molar-refractivity contribution in [3.8, 4) is 17.6 Å². The number of nitriles is 1. The molecule has 0 spiro atoms. The monoisotopic (exact) mass is 464 g/mol. The van der Waals surface area contributed by atoms with Gasteiger partial charge in [-0.15, -0.1) is 0 Å². The summed E-state index contributed by atoms with van der Waals surface area (Å²) in [4.78, 5) is 0. The predicted octanol–water partition coefficient (Wildman–Crippen LogP) is 4.09. The molecular weight excluding hydrogens is 447 g/mol. The van der Waals surface area contributed by atoms with Gasteiger partial charge in [0.1, 0.15) is 17.3 Å². The molecule has 2 N–H and O–H groups in total. The lowest BCUT2D eigenvalue weighted by Gasteiger charge is -2.27. The van der Waals surface area contributed by atoms with Crippen molar-refractivity contribution in [1.29, 1.82) is 5.26 Å². The number of aryl methyl sites for hydroxylation is 2. The number of fused-ring (bicyclic) bond motifs is 1. The molecule has 0 radical (unpaired) electrons. The Labute approximate surface area is 184 Å². The Hall–Kier alpha value is -3.88. The fourth-order valence-corrected chi connectivity index (χ4v) is 3.95. The molecule has 33 heavy (non-hydrogen) atoms. The van der Waals surface area contributed by atoms with Gasteiger partial charge in [-0.25, -0.2) is 0 Å². The molecule has 1 atom stereocenters. The van der Waals surface area contributed by atoms with E-state index in [0.29, 0.717) is 11.4 Å². The summed E-state index contributed by atoms with van der Waals surface area (Å²) in [5.41, 5.74) is 4.71.